The van der Waals surface area contributed by atoms with Gasteiger partial charge < -0.3 is 5.32 Å². The van der Waals surface area contributed by atoms with Crippen molar-refractivity contribution in [1.82, 2.24) is 5.32 Å². The third kappa shape index (κ3) is 4.57. The first-order valence-corrected chi connectivity index (χ1v) is 7.71. The van der Waals surface area contributed by atoms with Crippen molar-refractivity contribution < 1.29 is 4.79 Å². The van der Waals surface area contributed by atoms with E-state index in [1.54, 1.807) is 0 Å². The van der Waals surface area contributed by atoms with E-state index < -0.39 is 0 Å². The monoisotopic (exact) mass is 277 g/mol. The number of nitrogens with one attached hydrogen (secondary N) is 1. The average Bonchev–Trinajstić information content (AvgIpc) is 3.18. The normalized spacial score (nSPS) is 17.8. The molecule has 2 nitrogen and oxygen atoms in total. The first-order valence-electron chi connectivity index (χ1n) is 7.08. The van der Waals surface area contributed by atoms with Crippen LogP contribution in [0.5, 0.6) is 0 Å². The Morgan fingerprint density at radius 3 is 2.63 bits per heavy atom. The van der Waals surface area contributed by atoms with Crippen LogP contribution in [0.4, 0.5) is 0 Å². The Bertz CT molecular complexity index is 414. The van der Waals surface area contributed by atoms with Gasteiger partial charge in [-0.2, -0.15) is 12.6 Å². The van der Waals surface area contributed by atoms with E-state index >= 15 is 0 Å². The van der Waals surface area contributed by atoms with Gasteiger partial charge in [0.2, 0.25) is 5.91 Å². The fourth-order valence-corrected chi connectivity index (χ4v) is 2.76. The lowest BCUT2D eigenvalue weighted by atomic mass is 10.0. The van der Waals surface area contributed by atoms with Crippen molar-refractivity contribution in [2.45, 2.75) is 45.1 Å². The summed E-state index contributed by atoms with van der Waals surface area (Å²) in [6, 6.07) is 10.7. The molecule has 1 aromatic rings. The molecule has 2 rings (SSSR count). The molecule has 1 unspecified atom stereocenters. The van der Waals surface area contributed by atoms with E-state index in [-0.39, 0.29) is 17.4 Å². The number of carbonyl (C=O) groups is 1. The Hall–Kier alpha value is -0.960. The molecule has 0 radical (unpaired) electrons. The Morgan fingerprint density at radius 2 is 2.05 bits per heavy atom. The molecule has 3 heteroatoms. The molecule has 0 spiro atoms. The second-order valence-electron chi connectivity index (χ2n) is 5.83. The first-order chi connectivity index (χ1) is 9.13. The van der Waals surface area contributed by atoms with Gasteiger partial charge in [0.15, 0.2) is 0 Å². The lowest BCUT2D eigenvalue weighted by Gasteiger charge is -2.16. The quantitative estimate of drug-likeness (QED) is 0.736. The Kier molecular flexibility index (Phi) is 4.92. The van der Waals surface area contributed by atoms with Crippen molar-refractivity contribution in [1.29, 1.82) is 0 Å². The smallest absolute Gasteiger partial charge is 0.220 e. The van der Waals surface area contributed by atoms with E-state index in [1.165, 1.54) is 5.56 Å². The van der Waals surface area contributed by atoms with E-state index in [9.17, 15) is 4.79 Å². The highest BCUT2D eigenvalue weighted by Crippen LogP contribution is 2.49. The van der Waals surface area contributed by atoms with Crippen molar-refractivity contribution in [2.24, 2.45) is 5.41 Å². The molecule has 19 heavy (non-hydrogen) atoms. The molecular formula is C16H23NOS. The van der Waals surface area contributed by atoms with Crippen LogP contribution in [0.1, 0.15) is 38.2 Å². The molecule has 1 aromatic carbocycles. The van der Waals surface area contributed by atoms with E-state index in [1.807, 2.05) is 6.07 Å². The Balaban J connectivity index is 1.69. The van der Waals surface area contributed by atoms with Gasteiger partial charge in [-0.15, -0.1) is 0 Å². The molecule has 0 aromatic heterocycles. The largest absolute Gasteiger partial charge is 0.354 e. The fourth-order valence-electron chi connectivity index (χ4n) is 2.33. The number of carbonyl (C=O) groups excluding carboxylic acids is 1. The lowest BCUT2D eigenvalue weighted by molar-refractivity contribution is -0.122. The van der Waals surface area contributed by atoms with Crippen molar-refractivity contribution in [3.05, 3.63) is 35.9 Å². The van der Waals surface area contributed by atoms with Crippen LogP contribution in [0.15, 0.2) is 30.3 Å². The summed E-state index contributed by atoms with van der Waals surface area (Å²) in [6.07, 6.45) is 4.96. The van der Waals surface area contributed by atoms with Gasteiger partial charge in [-0.3, -0.25) is 4.79 Å². The fraction of sp³-hybridized carbons (Fsp3) is 0.562. The number of benzene rings is 1. The molecule has 1 N–H and O–H groups in total. The number of thiol groups is 1. The van der Waals surface area contributed by atoms with Gasteiger partial charge in [0.25, 0.3) is 0 Å². The summed E-state index contributed by atoms with van der Waals surface area (Å²) >= 11 is 4.34. The summed E-state index contributed by atoms with van der Waals surface area (Å²) in [5, 5.41) is 3.11. The Labute approximate surface area is 121 Å². The molecular weight excluding hydrogens is 254 g/mol. The maximum atomic E-state index is 11.9. The highest BCUT2D eigenvalue weighted by molar-refractivity contribution is 7.80. The zero-order valence-electron chi connectivity index (χ0n) is 11.6. The maximum absolute atomic E-state index is 11.9. The molecule has 1 atom stereocenters. The van der Waals surface area contributed by atoms with Crippen LogP contribution in [0.25, 0.3) is 0 Å². The van der Waals surface area contributed by atoms with Crippen LogP contribution in [-0.2, 0) is 11.2 Å². The number of hydrogen-bond acceptors (Lipinski definition) is 2. The zero-order chi connectivity index (χ0) is 13.7. The van der Waals surface area contributed by atoms with Crippen molar-refractivity contribution in [2.75, 3.05) is 5.75 Å². The summed E-state index contributed by atoms with van der Waals surface area (Å²) in [4.78, 5) is 11.9. The maximum Gasteiger partial charge on any atom is 0.220 e. The summed E-state index contributed by atoms with van der Waals surface area (Å²) in [5.41, 5.74) is 1.55. The molecule has 104 valence electrons. The molecule has 1 fully saturated rings. The molecule has 1 amide bonds. The van der Waals surface area contributed by atoms with Gasteiger partial charge in [0.05, 0.1) is 0 Å². The van der Waals surface area contributed by atoms with Crippen LogP contribution in [0, 0.1) is 5.41 Å². The summed E-state index contributed by atoms with van der Waals surface area (Å²) in [6.45, 7) is 2.08. The first kappa shape index (κ1) is 14.4. The van der Waals surface area contributed by atoms with Gasteiger partial charge in [-0.05, 0) is 49.3 Å². The van der Waals surface area contributed by atoms with Crippen LogP contribution in [0.3, 0.4) is 0 Å². The number of rotatable bonds is 7. The number of aryl methyl sites for hydroxylation is 1. The van der Waals surface area contributed by atoms with Crippen molar-refractivity contribution in [3.8, 4) is 0 Å². The average molecular weight is 277 g/mol. The Morgan fingerprint density at radius 1 is 1.37 bits per heavy atom. The number of hydrogen-bond donors (Lipinski definition) is 2. The van der Waals surface area contributed by atoms with Crippen LogP contribution in [-0.4, -0.2) is 17.7 Å². The lowest BCUT2D eigenvalue weighted by Crippen LogP contribution is -2.34. The third-order valence-corrected chi connectivity index (χ3v) is 4.62. The summed E-state index contributed by atoms with van der Waals surface area (Å²) in [7, 11) is 0. The zero-order valence-corrected chi connectivity index (χ0v) is 12.5. The molecule has 1 aliphatic carbocycles. The van der Waals surface area contributed by atoms with Crippen LogP contribution >= 0.6 is 12.6 Å². The highest BCUT2D eigenvalue weighted by atomic mass is 32.1. The molecule has 1 saturated carbocycles. The topological polar surface area (TPSA) is 29.1 Å². The number of amides is 1. The predicted octanol–water partition coefficient (Wildman–Crippen LogP) is 3.22. The minimum atomic E-state index is 0.187. The second kappa shape index (κ2) is 6.47. The second-order valence-corrected chi connectivity index (χ2v) is 6.14. The van der Waals surface area contributed by atoms with E-state index in [0.717, 1.165) is 31.4 Å². The van der Waals surface area contributed by atoms with Crippen molar-refractivity contribution >= 4 is 18.5 Å². The van der Waals surface area contributed by atoms with E-state index in [4.69, 9.17) is 0 Å². The van der Waals surface area contributed by atoms with Gasteiger partial charge in [0, 0.05) is 12.5 Å². The SMILES string of the molecule is CC(CCc1ccccc1)NC(=O)CC1(CS)CC1. The standard InChI is InChI=1S/C16H23NOS/c1-13(7-8-14-5-3-2-4-6-14)17-15(18)11-16(12-19)9-10-16/h2-6,13,19H,7-12H2,1H3,(H,17,18). The van der Waals surface area contributed by atoms with Crippen molar-refractivity contribution in [3.63, 3.8) is 0 Å². The summed E-state index contributed by atoms with van der Waals surface area (Å²) in [5.74, 6) is 1.02. The molecule has 1 aliphatic rings. The van der Waals surface area contributed by atoms with Gasteiger partial charge in [0.1, 0.15) is 0 Å². The molecule has 0 saturated heterocycles. The molecule has 0 heterocycles. The van der Waals surface area contributed by atoms with Crippen LogP contribution in [0.2, 0.25) is 0 Å². The minimum Gasteiger partial charge on any atom is -0.354 e. The van der Waals surface area contributed by atoms with Gasteiger partial charge >= 0.3 is 0 Å². The molecule has 0 bridgehead atoms. The minimum absolute atomic E-state index is 0.187. The van der Waals surface area contributed by atoms with Gasteiger partial charge in [-0.1, -0.05) is 30.3 Å². The third-order valence-electron chi connectivity index (χ3n) is 3.94. The summed E-state index contributed by atoms with van der Waals surface area (Å²) < 4.78 is 0. The molecule has 0 aliphatic heterocycles. The van der Waals surface area contributed by atoms with E-state index in [2.05, 4.69) is 49.1 Å². The highest BCUT2D eigenvalue weighted by Gasteiger charge is 2.42. The van der Waals surface area contributed by atoms with E-state index in [0.29, 0.717) is 6.42 Å². The van der Waals surface area contributed by atoms with Crippen LogP contribution < -0.4 is 5.32 Å². The predicted molar refractivity (Wildman–Crippen MR) is 82.5 cm³/mol. The van der Waals surface area contributed by atoms with Gasteiger partial charge in [-0.25, -0.2) is 0 Å².